The molecule has 18 nitrogen and oxygen atoms in total. The molecule has 1 aliphatic heterocycles. The van der Waals surface area contributed by atoms with Crippen LogP contribution in [0, 0.1) is 25.2 Å². The first-order chi connectivity index (χ1) is 30.8. The van der Waals surface area contributed by atoms with Gasteiger partial charge in [0.25, 0.3) is 5.91 Å². The van der Waals surface area contributed by atoms with Crippen LogP contribution in [-0.2, 0) is 31.0 Å². The minimum atomic E-state index is -1.47. The van der Waals surface area contributed by atoms with Gasteiger partial charge in [-0.1, -0.05) is 57.2 Å². The van der Waals surface area contributed by atoms with Gasteiger partial charge in [0.2, 0.25) is 23.6 Å². The number of phenolic OH excluding ortho intramolecular Hbond substituents is 1. The van der Waals surface area contributed by atoms with Crippen molar-refractivity contribution in [3.63, 3.8) is 0 Å². The SMILES string of the molecule is Cc1nc(-c2ccc(C(C)(C)C)cc2)nc(C)c1C(=O)NC(CCN)C(=O)N(C)C1C(=O)NC(C)C(=O)NC(C(=O)NCC#N)Cc2ccc(OCC(N)CO)c(c2)-c2cc1ccc2O. The Labute approximate surface area is 378 Å². The highest BCUT2D eigenvalue weighted by Crippen LogP contribution is 2.39. The van der Waals surface area contributed by atoms with E-state index < -0.39 is 59.7 Å². The molecule has 1 aliphatic rings. The molecule has 4 bridgehead atoms. The summed E-state index contributed by atoms with van der Waals surface area (Å²) in [7, 11) is 1.36. The van der Waals surface area contributed by atoms with Gasteiger partial charge < -0.3 is 52.6 Å². The summed E-state index contributed by atoms with van der Waals surface area (Å²) in [6, 6.07) is 12.9. The first-order valence-electron chi connectivity index (χ1n) is 21.2. The van der Waals surface area contributed by atoms with E-state index in [1.165, 1.54) is 32.2 Å². The first-order valence-corrected chi connectivity index (χ1v) is 21.2. The van der Waals surface area contributed by atoms with Crippen LogP contribution in [0.4, 0.5) is 0 Å². The summed E-state index contributed by atoms with van der Waals surface area (Å²) < 4.78 is 5.99. The van der Waals surface area contributed by atoms with Crippen LogP contribution in [0.15, 0.2) is 60.7 Å². The smallest absolute Gasteiger partial charge is 0.255 e. The minimum absolute atomic E-state index is 0.0257. The van der Waals surface area contributed by atoms with Gasteiger partial charge in [-0.25, -0.2) is 9.97 Å². The number of nitrogens with two attached hydrogens (primary N) is 2. The number of hydrogen-bond acceptors (Lipinski definition) is 13. The molecule has 10 N–H and O–H groups in total. The summed E-state index contributed by atoms with van der Waals surface area (Å²) in [6.45, 7) is 10.3. The van der Waals surface area contributed by atoms with E-state index in [0.717, 1.165) is 16.0 Å². The van der Waals surface area contributed by atoms with Crippen LogP contribution in [0.1, 0.15) is 78.6 Å². The summed E-state index contributed by atoms with van der Waals surface area (Å²) in [6.07, 6.45) is -0.0960. The molecule has 18 heteroatoms. The number of aromatic nitrogens is 2. The molecule has 3 aromatic carbocycles. The number of hydrogen-bond donors (Lipinski definition) is 8. The number of nitriles is 1. The summed E-state index contributed by atoms with van der Waals surface area (Å²) in [5.74, 6) is -3.14. The molecule has 2 heterocycles. The maximum atomic E-state index is 14.6. The van der Waals surface area contributed by atoms with Crippen molar-refractivity contribution in [1.29, 1.82) is 5.26 Å². The van der Waals surface area contributed by atoms with E-state index >= 15 is 0 Å². The Morgan fingerprint density at radius 3 is 2.29 bits per heavy atom. The molecule has 0 aliphatic carbocycles. The predicted octanol–water partition coefficient (Wildman–Crippen LogP) is 1.96. The van der Waals surface area contributed by atoms with E-state index in [0.29, 0.717) is 28.3 Å². The quantitative estimate of drug-likeness (QED) is 0.0893. The van der Waals surface area contributed by atoms with Gasteiger partial charge >= 0.3 is 0 Å². The number of ether oxygens (including phenoxy) is 1. The second-order valence-electron chi connectivity index (χ2n) is 17.1. The van der Waals surface area contributed by atoms with Gasteiger partial charge in [0.1, 0.15) is 48.8 Å². The zero-order valence-corrected chi connectivity index (χ0v) is 37.7. The third kappa shape index (κ3) is 11.8. The maximum Gasteiger partial charge on any atom is 0.255 e. The lowest BCUT2D eigenvalue weighted by atomic mass is 9.86. The molecule has 0 fully saturated rings. The Hall–Kier alpha value is -6.94. The monoisotopic (exact) mass is 890 g/mol. The molecule has 65 heavy (non-hydrogen) atoms. The molecule has 344 valence electrons. The lowest BCUT2D eigenvalue weighted by Crippen LogP contribution is -2.56. The van der Waals surface area contributed by atoms with Gasteiger partial charge in [-0.05, 0) is 80.1 Å². The number of aliphatic hydroxyl groups excluding tert-OH is 1. The maximum absolute atomic E-state index is 14.6. The van der Waals surface area contributed by atoms with Gasteiger partial charge in [0.05, 0.1) is 35.7 Å². The third-order valence-electron chi connectivity index (χ3n) is 11.1. The van der Waals surface area contributed by atoms with Crippen molar-refractivity contribution in [3.8, 4) is 40.1 Å². The highest BCUT2D eigenvalue weighted by atomic mass is 16.5. The largest absolute Gasteiger partial charge is 0.507 e. The van der Waals surface area contributed by atoms with Crippen LogP contribution >= 0.6 is 0 Å². The zero-order valence-electron chi connectivity index (χ0n) is 37.7. The number of aryl methyl sites for hydroxylation is 2. The van der Waals surface area contributed by atoms with E-state index in [9.17, 15) is 34.2 Å². The fraction of sp³-hybridized carbons (Fsp3) is 0.404. The van der Waals surface area contributed by atoms with Crippen LogP contribution in [-0.4, -0.2) is 112 Å². The molecule has 5 amide bonds. The molecule has 0 radical (unpaired) electrons. The van der Waals surface area contributed by atoms with Gasteiger partial charge in [0.15, 0.2) is 5.82 Å². The highest BCUT2D eigenvalue weighted by molar-refractivity contribution is 6.00. The highest BCUT2D eigenvalue weighted by Gasteiger charge is 2.36. The number of nitrogens with one attached hydrogen (secondary N) is 4. The number of benzene rings is 3. The number of likely N-dealkylation sites (N-methyl/N-ethyl adjacent to an activating group) is 1. The number of nitrogens with zero attached hydrogens (tertiary/aromatic N) is 4. The number of carbonyl (C=O) groups is 5. The Balaban J connectivity index is 1.54. The predicted molar refractivity (Wildman–Crippen MR) is 242 cm³/mol. The molecule has 0 spiro atoms. The van der Waals surface area contributed by atoms with Crippen molar-refractivity contribution >= 4 is 29.5 Å². The van der Waals surface area contributed by atoms with E-state index in [1.54, 1.807) is 32.0 Å². The number of carbonyl (C=O) groups excluding carboxylic acids is 5. The van der Waals surface area contributed by atoms with Crippen molar-refractivity contribution in [2.75, 3.05) is 33.4 Å². The normalized spacial score (nSPS) is 17.3. The molecular formula is C47H58N10O8. The Morgan fingerprint density at radius 1 is 1.00 bits per heavy atom. The summed E-state index contributed by atoms with van der Waals surface area (Å²) in [5, 5.41) is 40.6. The molecule has 4 aromatic rings. The second-order valence-corrected chi connectivity index (χ2v) is 17.1. The zero-order chi connectivity index (χ0) is 47.7. The average Bonchev–Trinajstić information content (AvgIpc) is 3.26. The van der Waals surface area contributed by atoms with E-state index in [-0.39, 0.29) is 72.7 Å². The molecule has 5 atom stereocenters. The van der Waals surface area contributed by atoms with E-state index in [1.807, 2.05) is 30.3 Å². The van der Waals surface area contributed by atoms with Crippen LogP contribution in [0.25, 0.3) is 22.5 Å². The van der Waals surface area contributed by atoms with Crippen molar-refractivity contribution in [1.82, 2.24) is 36.1 Å². The molecule has 1 aromatic heterocycles. The standard InChI is InChI=1S/C47H58N10O8/c1-25-39(26(2)53-41(52-25)29-9-12-31(13-10-29)47(4,5)6)44(62)55-35(16-17-48)46(64)57(7)40-30-11-14-37(59)33(22-30)34-20-28(8-15-38(34)65-24-32(50)23-58)21-36(43(61)51-19-18-49)56-42(60)27(3)54-45(40)63/h8-15,20,22,27,32,35-36,40,58-59H,16-17,19,21,23-24,48,50H2,1-7H3,(H,51,61)(H,54,63)(H,55,62)(H,56,60). The average molecular weight is 891 g/mol. The Morgan fingerprint density at radius 2 is 1.68 bits per heavy atom. The van der Waals surface area contributed by atoms with Crippen molar-refractivity contribution < 1.29 is 38.9 Å². The number of amides is 5. The van der Waals surface area contributed by atoms with Crippen LogP contribution in [0.3, 0.4) is 0 Å². The summed E-state index contributed by atoms with van der Waals surface area (Å²) >= 11 is 0. The number of aromatic hydroxyl groups is 1. The molecular weight excluding hydrogens is 833 g/mol. The fourth-order valence-electron chi connectivity index (χ4n) is 7.45. The van der Waals surface area contributed by atoms with Crippen molar-refractivity contribution in [2.45, 2.75) is 90.0 Å². The van der Waals surface area contributed by atoms with Gasteiger partial charge in [-0.15, -0.1) is 0 Å². The number of rotatable bonds is 13. The summed E-state index contributed by atoms with van der Waals surface area (Å²) in [5.41, 5.74) is 15.9. The van der Waals surface area contributed by atoms with Crippen LogP contribution in [0.2, 0.25) is 0 Å². The number of phenols is 1. The second kappa shape index (κ2) is 21.2. The van der Waals surface area contributed by atoms with Gasteiger partial charge in [-0.2, -0.15) is 5.26 Å². The Bertz CT molecular complexity index is 2440. The molecule has 5 rings (SSSR count). The number of aliphatic hydroxyl groups is 1. The van der Waals surface area contributed by atoms with E-state index in [2.05, 4.69) is 52.0 Å². The van der Waals surface area contributed by atoms with Gasteiger partial charge in [-0.3, -0.25) is 24.0 Å². The van der Waals surface area contributed by atoms with Gasteiger partial charge in [0, 0.05) is 30.2 Å². The van der Waals surface area contributed by atoms with Crippen molar-refractivity contribution in [3.05, 3.63) is 94.3 Å². The lowest BCUT2D eigenvalue weighted by Gasteiger charge is -2.32. The first kappa shape index (κ1) is 49.1. The van der Waals surface area contributed by atoms with E-state index in [4.69, 9.17) is 21.5 Å². The molecule has 0 saturated heterocycles. The lowest BCUT2D eigenvalue weighted by molar-refractivity contribution is -0.141. The Kier molecular flexibility index (Phi) is 16.0. The van der Waals surface area contributed by atoms with Crippen molar-refractivity contribution in [2.24, 2.45) is 11.5 Å². The van der Waals surface area contributed by atoms with Crippen LogP contribution in [0.5, 0.6) is 11.5 Å². The minimum Gasteiger partial charge on any atom is -0.507 e. The molecule has 0 saturated carbocycles. The summed E-state index contributed by atoms with van der Waals surface area (Å²) in [4.78, 5) is 80.4. The fourth-order valence-corrected chi connectivity index (χ4v) is 7.45. The third-order valence-corrected chi connectivity index (χ3v) is 11.1. The molecule has 5 unspecified atom stereocenters. The number of fused-ring (bicyclic) bond motifs is 5. The topological polar surface area (TPSA) is 288 Å². The van der Waals surface area contributed by atoms with Crippen LogP contribution < -0.4 is 37.5 Å².